The van der Waals surface area contributed by atoms with Crippen molar-refractivity contribution in [1.29, 1.82) is 0 Å². The van der Waals surface area contributed by atoms with Crippen LogP contribution in [-0.2, 0) is 9.59 Å². The topological polar surface area (TPSA) is 75.4 Å². The molecular formula is C13H27N3O2. The van der Waals surface area contributed by atoms with Crippen LogP contribution in [-0.4, -0.2) is 42.4 Å². The second-order valence-electron chi connectivity index (χ2n) is 4.54. The van der Waals surface area contributed by atoms with Gasteiger partial charge in [0.1, 0.15) is 0 Å². The Balaban J connectivity index is 3.64. The van der Waals surface area contributed by atoms with Crippen molar-refractivity contribution >= 4 is 11.8 Å². The predicted molar refractivity (Wildman–Crippen MR) is 73.1 cm³/mol. The van der Waals surface area contributed by atoms with E-state index in [1.807, 2.05) is 20.8 Å². The molecule has 0 aromatic carbocycles. The quantitative estimate of drug-likeness (QED) is 0.644. The molecule has 2 amide bonds. The van der Waals surface area contributed by atoms with Gasteiger partial charge in [-0.2, -0.15) is 0 Å². The maximum atomic E-state index is 11.6. The van der Waals surface area contributed by atoms with Crippen LogP contribution in [0.15, 0.2) is 0 Å². The van der Waals surface area contributed by atoms with Gasteiger partial charge in [0.25, 0.3) is 0 Å². The third-order valence-electron chi connectivity index (χ3n) is 2.84. The van der Waals surface area contributed by atoms with Gasteiger partial charge >= 0.3 is 0 Å². The first-order valence-electron chi connectivity index (χ1n) is 6.81. The molecule has 0 aliphatic heterocycles. The summed E-state index contributed by atoms with van der Waals surface area (Å²) in [6.07, 6.45) is 2.51. The van der Waals surface area contributed by atoms with Crippen molar-refractivity contribution in [1.82, 2.24) is 10.2 Å². The number of amides is 2. The molecule has 5 heteroatoms. The fourth-order valence-electron chi connectivity index (χ4n) is 1.72. The fraction of sp³-hybridized carbons (Fsp3) is 0.846. The van der Waals surface area contributed by atoms with Gasteiger partial charge in [0.15, 0.2) is 0 Å². The summed E-state index contributed by atoms with van der Waals surface area (Å²) in [6.45, 7) is 7.70. The third kappa shape index (κ3) is 8.06. The molecule has 0 heterocycles. The van der Waals surface area contributed by atoms with Crippen LogP contribution in [0.4, 0.5) is 0 Å². The number of nitrogens with two attached hydrogens (primary N) is 1. The molecule has 5 nitrogen and oxygen atoms in total. The average Bonchev–Trinajstić information content (AvgIpc) is 2.30. The van der Waals surface area contributed by atoms with Crippen molar-refractivity contribution in [3.05, 3.63) is 0 Å². The molecule has 0 rings (SSSR count). The predicted octanol–water partition coefficient (Wildman–Crippen LogP) is 0.879. The number of rotatable bonds is 9. The molecule has 0 aliphatic carbocycles. The molecule has 0 aromatic rings. The summed E-state index contributed by atoms with van der Waals surface area (Å²) in [5, 5.41) is 2.76. The molecule has 106 valence electrons. The molecule has 1 atom stereocenters. The molecule has 1 unspecified atom stereocenters. The van der Waals surface area contributed by atoms with E-state index in [0.717, 1.165) is 25.9 Å². The summed E-state index contributed by atoms with van der Waals surface area (Å²) in [4.78, 5) is 24.9. The highest BCUT2D eigenvalue weighted by molar-refractivity contribution is 5.79. The Labute approximate surface area is 110 Å². The van der Waals surface area contributed by atoms with Gasteiger partial charge in [-0.05, 0) is 33.6 Å². The van der Waals surface area contributed by atoms with Gasteiger partial charge in [-0.3, -0.25) is 9.59 Å². The molecule has 0 spiro atoms. The number of nitrogens with zero attached hydrogens (tertiary/aromatic N) is 1. The lowest BCUT2D eigenvalue weighted by molar-refractivity contribution is -0.130. The van der Waals surface area contributed by atoms with Crippen LogP contribution in [0.1, 0.15) is 46.5 Å². The van der Waals surface area contributed by atoms with Crippen molar-refractivity contribution in [2.45, 2.75) is 52.5 Å². The van der Waals surface area contributed by atoms with Gasteiger partial charge in [0.05, 0.1) is 0 Å². The zero-order valence-corrected chi connectivity index (χ0v) is 11.9. The van der Waals surface area contributed by atoms with E-state index < -0.39 is 0 Å². The van der Waals surface area contributed by atoms with Gasteiger partial charge in [-0.1, -0.05) is 0 Å². The van der Waals surface area contributed by atoms with E-state index in [4.69, 9.17) is 5.73 Å². The van der Waals surface area contributed by atoms with Gasteiger partial charge in [0, 0.05) is 38.5 Å². The summed E-state index contributed by atoms with van der Waals surface area (Å²) < 4.78 is 0. The van der Waals surface area contributed by atoms with Crippen LogP contribution < -0.4 is 11.1 Å². The van der Waals surface area contributed by atoms with Crippen molar-refractivity contribution in [2.75, 3.05) is 19.6 Å². The minimum Gasteiger partial charge on any atom is -0.356 e. The number of carbonyl (C=O) groups is 2. The van der Waals surface area contributed by atoms with Crippen LogP contribution in [0.2, 0.25) is 0 Å². The van der Waals surface area contributed by atoms with Gasteiger partial charge in [-0.15, -0.1) is 0 Å². The SMILES string of the molecule is CCN(CC)C(=O)CCNC(=O)CCCC(C)N. The fourth-order valence-corrected chi connectivity index (χ4v) is 1.72. The van der Waals surface area contributed by atoms with Crippen molar-refractivity contribution in [3.8, 4) is 0 Å². The molecule has 0 saturated carbocycles. The van der Waals surface area contributed by atoms with Gasteiger partial charge in [-0.25, -0.2) is 0 Å². The van der Waals surface area contributed by atoms with Crippen LogP contribution >= 0.6 is 0 Å². The lowest BCUT2D eigenvalue weighted by Crippen LogP contribution is -2.34. The van der Waals surface area contributed by atoms with E-state index in [1.165, 1.54) is 0 Å². The van der Waals surface area contributed by atoms with E-state index in [9.17, 15) is 9.59 Å². The van der Waals surface area contributed by atoms with Crippen LogP contribution in [0.5, 0.6) is 0 Å². The zero-order chi connectivity index (χ0) is 14.0. The summed E-state index contributed by atoms with van der Waals surface area (Å²) in [5.74, 6) is 0.0962. The highest BCUT2D eigenvalue weighted by atomic mass is 16.2. The second kappa shape index (κ2) is 9.88. The van der Waals surface area contributed by atoms with Crippen LogP contribution in [0, 0.1) is 0 Å². The normalized spacial score (nSPS) is 12.0. The van der Waals surface area contributed by atoms with E-state index >= 15 is 0 Å². The molecular weight excluding hydrogens is 230 g/mol. The van der Waals surface area contributed by atoms with E-state index in [-0.39, 0.29) is 17.9 Å². The minimum atomic E-state index is 0.00277. The monoisotopic (exact) mass is 257 g/mol. The molecule has 0 saturated heterocycles. The minimum absolute atomic E-state index is 0.00277. The van der Waals surface area contributed by atoms with E-state index in [2.05, 4.69) is 5.32 Å². The largest absolute Gasteiger partial charge is 0.356 e. The molecule has 0 fully saturated rings. The number of hydrogen-bond donors (Lipinski definition) is 2. The first kappa shape index (κ1) is 16.9. The Kier molecular flexibility index (Phi) is 9.28. The first-order valence-corrected chi connectivity index (χ1v) is 6.81. The summed E-state index contributed by atoms with van der Waals surface area (Å²) in [5.41, 5.74) is 5.60. The molecule has 0 radical (unpaired) electrons. The third-order valence-corrected chi connectivity index (χ3v) is 2.84. The van der Waals surface area contributed by atoms with Crippen LogP contribution in [0.25, 0.3) is 0 Å². The highest BCUT2D eigenvalue weighted by Gasteiger charge is 2.09. The Morgan fingerprint density at radius 1 is 1.22 bits per heavy atom. The zero-order valence-electron chi connectivity index (χ0n) is 11.9. The van der Waals surface area contributed by atoms with E-state index in [1.54, 1.807) is 4.90 Å². The summed E-state index contributed by atoms with van der Waals surface area (Å²) in [7, 11) is 0. The summed E-state index contributed by atoms with van der Waals surface area (Å²) in [6, 6.07) is 0.141. The highest BCUT2D eigenvalue weighted by Crippen LogP contribution is 1.98. The number of nitrogens with one attached hydrogen (secondary N) is 1. The lowest BCUT2D eigenvalue weighted by atomic mass is 10.1. The van der Waals surface area contributed by atoms with Crippen molar-refractivity contribution in [3.63, 3.8) is 0 Å². The van der Waals surface area contributed by atoms with Gasteiger partial charge in [0.2, 0.25) is 11.8 Å². The standard InChI is InChI=1S/C13H27N3O2/c1-4-16(5-2)13(18)9-10-15-12(17)8-6-7-11(3)14/h11H,4-10,14H2,1-3H3,(H,15,17). The van der Waals surface area contributed by atoms with Gasteiger partial charge < -0.3 is 16.0 Å². The Morgan fingerprint density at radius 2 is 1.83 bits per heavy atom. The second-order valence-corrected chi connectivity index (χ2v) is 4.54. The molecule has 0 aromatic heterocycles. The Bertz CT molecular complexity index is 251. The average molecular weight is 257 g/mol. The number of carbonyl (C=O) groups excluding carboxylic acids is 2. The first-order chi connectivity index (χ1) is 8.51. The molecule has 18 heavy (non-hydrogen) atoms. The van der Waals surface area contributed by atoms with Crippen molar-refractivity contribution < 1.29 is 9.59 Å². The lowest BCUT2D eigenvalue weighted by Gasteiger charge is -2.18. The maximum absolute atomic E-state index is 11.6. The van der Waals surface area contributed by atoms with Crippen LogP contribution in [0.3, 0.4) is 0 Å². The summed E-state index contributed by atoms with van der Waals surface area (Å²) >= 11 is 0. The Morgan fingerprint density at radius 3 is 2.33 bits per heavy atom. The number of hydrogen-bond acceptors (Lipinski definition) is 3. The van der Waals surface area contributed by atoms with E-state index in [0.29, 0.717) is 19.4 Å². The van der Waals surface area contributed by atoms with Crippen molar-refractivity contribution in [2.24, 2.45) is 5.73 Å². The molecule has 0 aliphatic rings. The smallest absolute Gasteiger partial charge is 0.224 e. The Hall–Kier alpha value is -1.10. The molecule has 3 N–H and O–H groups in total. The maximum Gasteiger partial charge on any atom is 0.224 e. The molecule has 0 bridgehead atoms.